The van der Waals surface area contributed by atoms with Crippen LogP contribution in [0.2, 0.25) is 10.0 Å². The molecule has 1 amide bonds. The fourth-order valence-corrected chi connectivity index (χ4v) is 2.22. The van der Waals surface area contributed by atoms with Gasteiger partial charge in [-0.3, -0.25) is 4.79 Å². The van der Waals surface area contributed by atoms with Gasteiger partial charge in [-0.05, 0) is 48.9 Å². The van der Waals surface area contributed by atoms with Crippen molar-refractivity contribution in [3.63, 3.8) is 0 Å². The Labute approximate surface area is 138 Å². The smallest absolute Gasteiger partial charge is 0.255 e. The molecule has 0 heterocycles. The molecule has 0 saturated heterocycles. The number of benzene rings is 2. The van der Waals surface area contributed by atoms with Crippen molar-refractivity contribution in [2.45, 2.75) is 6.92 Å². The average Bonchev–Trinajstić information content (AvgIpc) is 2.43. The molecule has 0 aliphatic heterocycles. The Hall–Kier alpha value is -1.62. The summed E-state index contributed by atoms with van der Waals surface area (Å²) in [6.07, 6.45) is 0. The van der Waals surface area contributed by atoms with Gasteiger partial charge in [-0.1, -0.05) is 35.4 Å². The van der Waals surface area contributed by atoms with Gasteiger partial charge in [0.05, 0.1) is 10.7 Å². The summed E-state index contributed by atoms with van der Waals surface area (Å²) in [4.78, 5) is 12.4. The first kappa shape index (κ1) is 15.8. The minimum absolute atomic E-state index is 0.253. The van der Waals surface area contributed by atoms with E-state index < -0.39 is 0 Å². The van der Waals surface area contributed by atoms with E-state index in [2.05, 4.69) is 5.32 Å². The van der Waals surface area contributed by atoms with Gasteiger partial charge in [-0.15, -0.1) is 0 Å². The normalized spacial score (nSPS) is 10.2. The van der Waals surface area contributed by atoms with E-state index >= 15 is 0 Å². The Morgan fingerprint density at radius 3 is 2.33 bits per heavy atom. The SMILES string of the molecule is Cc1cc(C(=O)Nc2ccc(C(N)=S)cc2Cl)ccc1Cl. The number of nitrogens with two attached hydrogens (primary N) is 1. The molecule has 0 bridgehead atoms. The second-order valence-electron chi connectivity index (χ2n) is 4.48. The topological polar surface area (TPSA) is 55.1 Å². The van der Waals surface area contributed by atoms with E-state index in [-0.39, 0.29) is 10.9 Å². The quantitative estimate of drug-likeness (QED) is 0.825. The van der Waals surface area contributed by atoms with E-state index in [1.807, 2.05) is 6.92 Å². The molecule has 0 aromatic heterocycles. The summed E-state index contributed by atoms with van der Waals surface area (Å²) in [5.74, 6) is -0.264. The van der Waals surface area contributed by atoms with E-state index in [4.69, 9.17) is 41.2 Å². The number of amides is 1. The lowest BCUT2D eigenvalue weighted by molar-refractivity contribution is 0.102. The van der Waals surface area contributed by atoms with Crippen molar-refractivity contribution in [3.05, 3.63) is 63.1 Å². The van der Waals surface area contributed by atoms with Crippen LogP contribution in [0, 0.1) is 6.92 Å². The molecule has 108 valence electrons. The molecule has 2 rings (SSSR count). The highest BCUT2D eigenvalue weighted by Crippen LogP contribution is 2.24. The van der Waals surface area contributed by atoms with Crippen LogP contribution in [0.5, 0.6) is 0 Å². The number of aryl methyl sites for hydroxylation is 1. The van der Waals surface area contributed by atoms with Gasteiger partial charge in [-0.2, -0.15) is 0 Å². The number of nitrogens with one attached hydrogen (secondary N) is 1. The number of carbonyl (C=O) groups is 1. The van der Waals surface area contributed by atoms with Crippen LogP contribution in [-0.2, 0) is 0 Å². The molecule has 21 heavy (non-hydrogen) atoms. The van der Waals surface area contributed by atoms with Gasteiger partial charge < -0.3 is 11.1 Å². The third-order valence-corrected chi connectivity index (χ3v) is 3.89. The van der Waals surface area contributed by atoms with Crippen LogP contribution in [0.15, 0.2) is 36.4 Å². The molecule has 0 saturated carbocycles. The van der Waals surface area contributed by atoms with Gasteiger partial charge in [0.25, 0.3) is 5.91 Å². The van der Waals surface area contributed by atoms with Crippen molar-refractivity contribution in [1.82, 2.24) is 0 Å². The van der Waals surface area contributed by atoms with Crippen LogP contribution in [0.1, 0.15) is 21.5 Å². The van der Waals surface area contributed by atoms with Crippen LogP contribution < -0.4 is 11.1 Å². The van der Waals surface area contributed by atoms with Gasteiger partial charge in [0.15, 0.2) is 0 Å². The third kappa shape index (κ3) is 3.73. The number of hydrogen-bond donors (Lipinski definition) is 2. The molecular weight excluding hydrogens is 327 g/mol. The Morgan fingerprint density at radius 1 is 1.10 bits per heavy atom. The van der Waals surface area contributed by atoms with Crippen molar-refractivity contribution in [2.24, 2.45) is 5.73 Å². The van der Waals surface area contributed by atoms with Gasteiger partial charge in [0, 0.05) is 16.1 Å². The predicted molar refractivity (Wildman–Crippen MR) is 91.5 cm³/mol. The Morgan fingerprint density at radius 2 is 1.76 bits per heavy atom. The van der Waals surface area contributed by atoms with E-state index in [1.165, 1.54) is 0 Å². The molecule has 2 aromatic carbocycles. The van der Waals surface area contributed by atoms with E-state index in [9.17, 15) is 4.79 Å². The van der Waals surface area contributed by atoms with Gasteiger partial charge in [0.1, 0.15) is 4.99 Å². The summed E-state index contributed by atoms with van der Waals surface area (Å²) < 4.78 is 0. The lowest BCUT2D eigenvalue weighted by Crippen LogP contribution is -2.13. The molecule has 6 heteroatoms. The van der Waals surface area contributed by atoms with Crippen molar-refractivity contribution in [1.29, 1.82) is 0 Å². The number of halogens is 2. The van der Waals surface area contributed by atoms with Crippen LogP contribution in [0.25, 0.3) is 0 Å². The van der Waals surface area contributed by atoms with Crippen molar-refractivity contribution >= 4 is 52.0 Å². The fraction of sp³-hybridized carbons (Fsp3) is 0.0667. The van der Waals surface area contributed by atoms with Crippen LogP contribution in [-0.4, -0.2) is 10.9 Å². The lowest BCUT2D eigenvalue weighted by atomic mass is 10.1. The molecular formula is C15H12Cl2N2OS. The zero-order valence-electron chi connectivity index (χ0n) is 11.1. The number of anilines is 1. The van der Waals surface area contributed by atoms with E-state index in [0.29, 0.717) is 26.9 Å². The van der Waals surface area contributed by atoms with Crippen LogP contribution in [0.4, 0.5) is 5.69 Å². The number of rotatable bonds is 3. The molecule has 0 fully saturated rings. The minimum atomic E-state index is -0.264. The van der Waals surface area contributed by atoms with Crippen molar-refractivity contribution in [3.8, 4) is 0 Å². The molecule has 0 aliphatic carbocycles. The maximum atomic E-state index is 12.2. The Bertz CT molecular complexity index is 732. The predicted octanol–water partition coefficient (Wildman–Crippen LogP) is 4.19. The summed E-state index contributed by atoms with van der Waals surface area (Å²) >= 11 is 16.9. The van der Waals surface area contributed by atoms with Crippen LogP contribution in [0.3, 0.4) is 0 Å². The lowest BCUT2D eigenvalue weighted by Gasteiger charge is -2.09. The zero-order chi connectivity index (χ0) is 15.6. The first-order valence-corrected chi connectivity index (χ1v) is 7.22. The fourth-order valence-electron chi connectivity index (χ4n) is 1.75. The first-order chi connectivity index (χ1) is 9.88. The second-order valence-corrected chi connectivity index (χ2v) is 5.73. The molecule has 0 aliphatic rings. The first-order valence-electron chi connectivity index (χ1n) is 6.05. The van der Waals surface area contributed by atoms with Gasteiger partial charge in [-0.25, -0.2) is 0 Å². The molecule has 0 unspecified atom stereocenters. The molecule has 2 aromatic rings. The second kappa shape index (κ2) is 6.43. The molecule has 3 nitrogen and oxygen atoms in total. The Kier molecular flexibility index (Phi) is 4.83. The summed E-state index contributed by atoms with van der Waals surface area (Å²) in [6.45, 7) is 1.84. The molecule has 3 N–H and O–H groups in total. The van der Waals surface area contributed by atoms with Crippen molar-refractivity contribution < 1.29 is 4.79 Å². The summed E-state index contributed by atoms with van der Waals surface area (Å²) in [5, 5.41) is 3.73. The monoisotopic (exact) mass is 338 g/mol. The molecule has 0 atom stereocenters. The zero-order valence-corrected chi connectivity index (χ0v) is 13.4. The highest BCUT2D eigenvalue weighted by molar-refractivity contribution is 7.80. The summed E-state index contributed by atoms with van der Waals surface area (Å²) in [7, 11) is 0. The maximum absolute atomic E-state index is 12.2. The highest BCUT2D eigenvalue weighted by Gasteiger charge is 2.10. The van der Waals surface area contributed by atoms with E-state index in [0.717, 1.165) is 5.56 Å². The average molecular weight is 339 g/mol. The standard InChI is InChI=1S/C15H12Cl2N2OS/c1-8-6-10(2-4-11(8)16)15(20)19-13-5-3-9(14(18)21)7-12(13)17/h2-7H,1H3,(H2,18,21)(H,19,20). The highest BCUT2D eigenvalue weighted by atomic mass is 35.5. The summed E-state index contributed by atoms with van der Waals surface area (Å²) in [5.41, 5.74) is 8.01. The molecule has 0 radical (unpaired) electrons. The largest absolute Gasteiger partial charge is 0.389 e. The minimum Gasteiger partial charge on any atom is -0.389 e. The summed E-state index contributed by atoms with van der Waals surface area (Å²) in [6, 6.07) is 10.0. The van der Waals surface area contributed by atoms with Gasteiger partial charge in [0.2, 0.25) is 0 Å². The van der Waals surface area contributed by atoms with Crippen LogP contribution >= 0.6 is 35.4 Å². The van der Waals surface area contributed by atoms with E-state index in [1.54, 1.807) is 36.4 Å². The molecule has 0 spiro atoms. The number of carbonyl (C=O) groups excluding carboxylic acids is 1. The number of thiocarbonyl (C=S) groups is 1. The van der Waals surface area contributed by atoms with Crippen molar-refractivity contribution in [2.75, 3.05) is 5.32 Å². The number of hydrogen-bond acceptors (Lipinski definition) is 2. The Balaban J connectivity index is 2.23. The van der Waals surface area contributed by atoms with Gasteiger partial charge >= 0.3 is 0 Å². The third-order valence-electron chi connectivity index (χ3n) is 2.92. The maximum Gasteiger partial charge on any atom is 0.255 e.